The van der Waals surface area contributed by atoms with Crippen molar-refractivity contribution in [3.05, 3.63) is 23.8 Å². The van der Waals surface area contributed by atoms with E-state index in [-0.39, 0.29) is 11.9 Å². The van der Waals surface area contributed by atoms with Crippen molar-refractivity contribution in [3.8, 4) is 0 Å². The Balaban J connectivity index is 2.15. The zero-order valence-corrected chi connectivity index (χ0v) is 11.4. The smallest absolute Gasteiger partial charge is 0.327 e. The number of nitrogens with one attached hydrogen (secondary N) is 1. The third-order valence-electron chi connectivity index (χ3n) is 3.29. The van der Waals surface area contributed by atoms with Gasteiger partial charge < -0.3 is 15.0 Å². The van der Waals surface area contributed by atoms with Gasteiger partial charge in [0.25, 0.3) is 0 Å². The van der Waals surface area contributed by atoms with E-state index in [4.69, 9.17) is 0 Å². The van der Waals surface area contributed by atoms with Crippen LogP contribution in [0.1, 0.15) is 19.4 Å². The molecule has 1 heterocycles. The summed E-state index contributed by atoms with van der Waals surface area (Å²) < 4.78 is 4.67. The van der Waals surface area contributed by atoms with E-state index in [1.807, 2.05) is 18.2 Å². The minimum Gasteiger partial charge on any atom is -0.467 e. The summed E-state index contributed by atoms with van der Waals surface area (Å²) in [4.78, 5) is 24.6. The van der Waals surface area contributed by atoms with Crippen molar-refractivity contribution in [3.63, 3.8) is 0 Å². The van der Waals surface area contributed by atoms with Crippen LogP contribution in [0.25, 0.3) is 0 Å². The normalized spacial score (nSPS) is 14.8. The van der Waals surface area contributed by atoms with Crippen LogP contribution in [-0.4, -0.2) is 31.6 Å². The molecule has 5 heteroatoms. The number of methoxy groups -OCH3 is 1. The molecule has 19 heavy (non-hydrogen) atoms. The van der Waals surface area contributed by atoms with Crippen LogP contribution in [0.2, 0.25) is 0 Å². The SMILES string of the molecule is COC(=O)C(C)Nc1ccc2c(c1)CCN2C(C)=O. The van der Waals surface area contributed by atoms with Crippen molar-refractivity contribution in [2.24, 2.45) is 0 Å². The molecule has 0 spiro atoms. The fourth-order valence-corrected chi connectivity index (χ4v) is 2.30. The lowest BCUT2D eigenvalue weighted by atomic mass is 10.1. The molecular formula is C14H18N2O3. The van der Waals surface area contributed by atoms with Crippen LogP contribution in [-0.2, 0) is 20.7 Å². The molecule has 1 unspecified atom stereocenters. The molecule has 1 aromatic rings. The topological polar surface area (TPSA) is 58.6 Å². The van der Waals surface area contributed by atoms with E-state index in [2.05, 4.69) is 10.1 Å². The number of carbonyl (C=O) groups excluding carboxylic acids is 2. The number of fused-ring (bicyclic) bond motifs is 1. The molecule has 0 radical (unpaired) electrons. The third-order valence-corrected chi connectivity index (χ3v) is 3.29. The van der Waals surface area contributed by atoms with Gasteiger partial charge in [-0.3, -0.25) is 4.79 Å². The Kier molecular flexibility index (Phi) is 3.74. The fourth-order valence-electron chi connectivity index (χ4n) is 2.30. The van der Waals surface area contributed by atoms with Gasteiger partial charge in [-0.15, -0.1) is 0 Å². The molecule has 2 rings (SSSR count). The van der Waals surface area contributed by atoms with Crippen LogP contribution < -0.4 is 10.2 Å². The van der Waals surface area contributed by atoms with Gasteiger partial charge >= 0.3 is 5.97 Å². The van der Waals surface area contributed by atoms with E-state index in [9.17, 15) is 9.59 Å². The molecule has 1 aromatic carbocycles. The molecule has 5 nitrogen and oxygen atoms in total. The summed E-state index contributed by atoms with van der Waals surface area (Å²) in [7, 11) is 1.37. The highest BCUT2D eigenvalue weighted by Gasteiger charge is 2.22. The van der Waals surface area contributed by atoms with Gasteiger partial charge in [-0.25, -0.2) is 4.79 Å². The second kappa shape index (κ2) is 5.30. The van der Waals surface area contributed by atoms with Gasteiger partial charge in [0.15, 0.2) is 0 Å². The zero-order valence-electron chi connectivity index (χ0n) is 11.4. The van der Waals surface area contributed by atoms with Crippen LogP contribution in [0, 0.1) is 0 Å². The summed E-state index contributed by atoms with van der Waals surface area (Å²) in [6.45, 7) is 4.04. The van der Waals surface area contributed by atoms with Crippen LogP contribution in [0.4, 0.5) is 11.4 Å². The molecule has 0 aromatic heterocycles. The average Bonchev–Trinajstić information content (AvgIpc) is 2.80. The van der Waals surface area contributed by atoms with E-state index in [1.165, 1.54) is 7.11 Å². The summed E-state index contributed by atoms with van der Waals surface area (Å²) in [5.41, 5.74) is 2.95. The maximum absolute atomic E-state index is 11.4. The van der Waals surface area contributed by atoms with E-state index in [1.54, 1.807) is 18.7 Å². The first kappa shape index (κ1) is 13.4. The number of esters is 1. The Morgan fingerprint density at radius 2 is 2.16 bits per heavy atom. The molecule has 1 atom stereocenters. The predicted octanol–water partition coefficient (Wildman–Crippen LogP) is 1.57. The molecular weight excluding hydrogens is 244 g/mol. The predicted molar refractivity (Wildman–Crippen MR) is 73.3 cm³/mol. The van der Waals surface area contributed by atoms with Crippen molar-refractivity contribution in [1.29, 1.82) is 0 Å². The number of hydrogen-bond donors (Lipinski definition) is 1. The Bertz CT molecular complexity index is 513. The number of anilines is 2. The molecule has 0 saturated heterocycles. The van der Waals surface area contributed by atoms with Crippen molar-refractivity contribution >= 4 is 23.3 Å². The van der Waals surface area contributed by atoms with Gasteiger partial charge in [0.05, 0.1) is 7.11 Å². The molecule has 1 aliphatic heterocycles. The quantitative estimate of drug-likeness (QED) is 0.840. The van der Waals surface area contributed by atoms with Crippen molar-refractivity contribution in [2.45, 2.75) is 26.3 Å². The van der Waals surface area contributed by atoms with E-state index in [0.717, 1.165) is 29.9 Å². The Morgan fingerprint density at radius 3 is 2.79 bits per heavy atom. The largest absolute Gasteiger partial charge is 0.467 e. The lowest BCUT2D eigenvalue weighted by Gasteiger charge is -2.16. The van der Waals surface area contributed by atoms with Crippen LogP contribution in [0.5, 0.6) is 0 Å². The van der Waals surface area contributed by atoms with E-state index in [0.29, 0.717) is 0 Å². The van der Waals surface area contributed by atoms with Crippen molar-refractivity contribution in [1.82, 2.24) is 0 Å². The summed E-state index contributed by atoms with van der Waals surface area (Å²) in [5, 5.41) is 3.09. The van der Waals surface area contributed by atoms with Gasteiger partial charge in [-0.2, -0.15) is 0 Å². The van der Waals surface area contributed by atoms with Gasteiger partial charge in [0.1, 0.15) is 6.04 Å². The Morgan fingerprint density at radius 1 is 1.42 bits per heavy atom. The third kappa shape index (κ3) is 2.70. The number of benzene rings is 1. The molecule has 1 amide bonds. The molecule has 0 saturated carbocycles. The van der Waals surface area contributed by atoms with E-state index < -0.39 is 6.04 Å². The highest BCUT2D eigenvalue weighted by molar-refractivity contribution is 5.94. The lowest BCUT2D eigenvalue weighted by molar-refractivity contribution is -0.141. The number of nitrogens with zero attached hydrogens (tertiary/aromatic N) is 1. The molecule has 0 fully saturated rings. The molecule has 1 N–H and O–H groups in total. The summed E-state index contributed by atoms with van der Waals surface area (Å²) >= 11 is 0. The summed E-state index contributed by atoms with van der Waals surface area (Å²) in [6.07, 6.45) is 0.844. The molecule has 102 valence electrons. The Hall–Kier alpha value is -2.04. The lowest BCUT2D eigenvalue weighted by Crippen LogP contribution is -2.27. The van der Waals surface area contributed by atoms with E-state index >= 15 is 0 Å². The van der Waals surface area contributed by atoms with Crippen LogP contribution in [0.3, 0.4) is 0 Å². The highest BCUT2D eigenvalue weighted by Crippen LogP contribution is 2.30. The Labute approximate surface area is 112 Å². The molecule has 0 bridgehead atoms. The van der Waals surface area contributed by atoms with Gasteiger partial charge in [0.2, 0.25) is 5.91 Å². The number of ether oxygens (including phenoxy) is 1. The van der Waals surface area contributed by atoms with Gasteiger partial charge in [-0.1, -0.05) is 0 Å². The monoisotopic (exact) mass is 262 g/mol. The van der Waals surface area contributed by atoms with Gasteiger partial charge in [0, 0.05) is 24.8 Å². The van der Waals surface area contributed by atoms with Crippen LogP contribution in [0.15, 0.2) is 18.2 Å². The van der Waals surface area contributed by atoms with Crippen molar-refractivity contribution in [2.75, 3.05) is 23.9 Å². The summed E-state index contributed by atoms with van der Waals surface area (Å²) in [5.74, 6) is -0.242. The second-order valence-corrected chi connectivity index (χ2v) is 4.65. The summed E-state index contributed by atoms with van der Waals surface area (Å²) in [6, 6.07) is 5.38. The van der Waals surface area contributed by atoms with Crippen molar-refractivity contribution < 1.29 is 14.3 Å². The zero-order chi connectivity index (χ0) is 14.0. The standard InChI is InChI=1S/C14H18N2O3/c1-9(14(18)19-3)15-12-4-5-13-11(8-12)6-7-16(13)10(2)17/h4-5,8-9,15H,6-7H2,1-3H3. The van der Waals surface area contributed by atoms with Crippen LogP contribution >= 0.6 is 0 Å². The maximum atomic E-state index is 11.4. The minimum absolute atomic E-state index is 0.0578. The second-order valence-electron chi connectivity index (χ2n) is 4.65. The average molecular weight is 262 g/mol. The first-order chi connectivity index (χ1) is 9.02. The number of rotatable bonds is 3. The molecule has 1 aliphatic rings. The number of carbonyl (C=O) groups is 2. The number of amides is 1. The fraction of sp³-hybridized carbons (Fsp3) is 0.429. The highest BCUT2D eigenvalue weighted by atomic mass is 16.5. The maximum Gasteiger partial charge on any atom is 0.327 e. The first-order valence-corrected chi connectivity index (χ1v) is 6.28. The first-order valence-electron chi connectivity index (χ1n) is 6.28. The minimum atomic E-state index is -0.395. The number of hydrogen-bond acceptors (Lipinski definition) is 4. The molecule has 0 aliphatic carbocycles. The van der Waals surface area contributed by atoms with Gasteiger partial charge in [-0.05, 0) is 37.1 Å².